The van der Waals surface area contributed by atoms with Crippen LogP contribution in [0.4, 0.5) is 0 Å². The Morgan fingerprint density at radius 3 is 2.56 bits per heavy atom. The molecule has 0 fully saturated rings. The third kappa shape index (κ3) is 5.74. The molecule has 0 unspecified atom stereocenters. The van der Waals surface area contributed by atoms with Crippen LogP contribution in [-0.4, -0.2) is 24.4 Å². The number of amides is 1. The van der Waals surface area contributed by atoms with Crippen molar-refractivity contribution in [3.05, 3.63) is 29.3 Å². The SMILES string of the molecule is CC(C)(CBr)CNC(=O)COc1ccc(Cl)cc1. The maximum Gasteiger partial charge on any atom is 0.257 e. The Balaban J connectivity index is 2.31. The van der Waals surface area contributed by atoms with Crippen molar-refractivity contribution < 1.29 is 9.53 Å². The minimum atomic E-state index is -0.126. The van der Waals surface area contributed by atoms with Gasteiger partial charge in [0, 0.05) is 16.9 Å². The summed E-state index contributed by atoms with van der Waals surface area (Å²) in [6.45, 7) is 4.77. The quantitative estimate of drug-likeness (QED) is 0.811. The van der Waals surface area contributed by atoms with Crippen molar-refractivity contribution >= 4 is 33.4 Å². The van der Waals surface area contributed by atoms with Gasteiger partial charge < -0.3 is 10.1 Å². The molecule has 0 aliphatic heterocycles. The summed E-state index contributed by atoms with van der Waals surface area (Å²) in [6, 6.07) is 6.92. The van der Waals surface area contributed by atoms with Crippen LogP contribution in [0.1, 0.15) is 13.8 Å². The molecule has 1 N–H and O–H groups in total. The molecule has 0 heterocycles. The van der Waals surface area contributed by atoms with E-state index in [1.54, 1.807) is 24.3 Å². The van der Waals surface area contributed by atoms with E-state index >= 15 is 0 Å². The molecule has 0 saturated heterocycles. The fraction of sp³-hybridized carbons (Fsp3) is 0.462. The number of alkyl halides is 1. The minimum absolute atomic E-state index is 0.0139. The van der Waals surface area contributed by atoms with Crippen molar-refractivity contribution in [2.75, 3.05) is 18.5 Å². The monoisotopic (exact) mass is 333 g/mol. The Labute approximate surface area is 121 Å². The summed E-state index contributed by atoms with van der Waals surface area (Å²) in [5.74, 6) is 0.508. The first kappa shape index (κ1) is 15.3. The summed E-state index contributed by atoms with van der Waals surface area (Å²) in [4.78, 5) is 11.6. The Hall–Kier alpha value is -0.740. The Morgan fingerprint density at radius 2 is 2.00 bits per heavy atom. The average molecular weight is 335 g/mol. The van der Waals surface area contributed by atoms with Gasteiger partial charge in [-0.2, -0.15) is 0 Å². The summed E-state index contributed by atoms with van der Waals surface area (Å²) in [5.41, 5.74) is 0.0376. The lowest BCUT2D eigenvalue weighted by Gasteiger charge is -2.21. The first-order valence-corrected chi connectivity index (χ1v) is 7.14. The molecule has 0 aromatic heterocycles. The lowest BCUT2D eigenvalue weighted by atomic mass is 9.97. The van der Waals surface area contributed by atoms with Gasteiger partial charge in [-0.1, -0.05) is 41.4 Å². The van der Waals surface area contributed by atoms with Gasteiger partial charge in [-0.15, -0.1) is 0 Å². The summed E-state index contributed by atoms with van der Waals surface area (Å²) in [5, 5.41) is 4.31. The highest BCUT2D eigenvalue weighted by atomic mass is 79.9. The van der Waals surface area contributed by atoms with Crippen LogP contribution in [0, 0.1) is 5.41 Å². The molecule has 0 aliphatic rings. The number of nitrogens with one attached hydrogen (secondary N) is 1. The van der Waals surface area contributed by atoms with Crippen molar-refractivity contribution in [1.29, 1.82) is 0 Å². The molecule has 100 valence electrons. The van der Waals surface area contributed by atoms with Crippen molar-refractivity contribution in [1.82, 2.24) is 5.32 Å². The topological polar surface area (TPSA) is 38.3 Å². The first-order valence-electron chi connectivity index (χ1n) is 5.64. The molecule has 5 heteroatoms. The van der Waals surface area contributed by atoms with E-state index in [0.29, 0.717) is 17.3 Å². The van der Waals surface area contributed by atoms with Gasteiger partial charge in [0.1, 0.15) is 5.75 Å². The van der Waals surface area contributed by atoms with Crippen molar-refractivity contribution in [3.8, 4) is 5.75 Å². The van der Waals surface area contributed by atoms with Gasteiger partial charge in [-0.3, -0.25) is 4.79 Å². The number of rotatable bonds is 6. The Bertz CT molecular complexity index is 392. The molecule has 0 saturated carbocycles. The highest BCUT2D eigenvalue weighted by Gasteiger charge is 2.17. The molecule has 0 radical (unpaired) electrons. The van der Waals surface area contributed by atoms with Crippen molar-refractivity contribution in [2.45, 2.75) is 13.8 Å². The van der Waals surface area contributed by atoms with Crippen LogP contribution in [0.5, 0.6) is 5.75 Å². The fourth-order valence-electron chi connectivity index (χ4n) is 1.12. The summed E-state index contributed by atoms with van der Waals surface area (Å²) in [7, 11) is 0. The van der Waals surface area contributed by atoms with Crippen LogP contribution in [0.15, 0.2) is 24.3 Å². The molecule has 1 aromatic rings. The normalized spacial score (nSPS) is 11.1. The standard InChI is InChI=1S/C13H17BrClNO2/c1-13(2,8-14)9-16-12(17)7-18-11-5-3-10(15)4-6-11/h3-6H,7-9H2,1-2H3,(H,16,17). The van der Waals surface area contributed by atoms with Gasteiger partial charge in [0.05, 0.1) is 0 Å². The van der Waals surface area contributed by atoms with E-state index in [1.807, 2.05) is 0 Å². The van der Waals surface area contributed by atoms with Gasteiger partial charge in [0.2, 0.25) is 0 Å². The van der Waals surface area contributed by atoms with E-state index < -0.39 is 0 Å². The minimum Gasteiger partial charge on any atom is -0.484 e. The summed E-state index contributed by atoms with van der Waals surface area (Å²) >= 11 is 9.16. The molecule has 1 aromatic carbocycles. The maximum atomic E-state index is 11.6. The smallest absolute Gasteiger partial charge is 0.257 e. The lowest BCUT2D eigenvalue weighted by molar-refractivity contribution is -0.123. The van der Waals surface area contributed by atoms with Crippen molar-refractivity contribution in [3.63, 3.8) is 0 Å². The molecule has 0 spiro atoms. The third-order valence-corrected chi connectivity index (χ3v) is 4.08. The predicted octanol–water partition coefficient (Wildman–Crippen LogP) is 3.26. The fourth-order valence-corrected chi connectivity index (χ4v) is 1.44. The molecule has 1 rings (SSSR count). The molecule has 0 atom stereocenters. The third-order valence-electron chi connectivity index (χ3n) is 2.31. The lowest BCUT2D eigenvalue weighted by Crippen LogP contribution is -2.37. The highest BCUT2D eigenvalue weighted by molar-refractivity contribution is 9.09. The molecule has 0 aliphatic carbocycles. The van der Waals surface area contributed by atoms with Crippen molar-refractivity contribution in [2.24, 2.45) is 5.41 Å². The largest absolute Gasteiger partial charge is 0.484 e. The zero-order chi connectivity index (χ0) is 13.6. The van der Waals surface area contributed by atoms with Crippen LogP contribution < -0.4 is 10.1 Å². The summed E-state index contributed by atoms with van der Waals surface area (Å²) < 4.78 is 5.34. The first-order chi connectivity index (χ1) is 8.43. The number of hydrogen-bond acceptors (Lipinski definition) is 2. The number of halogens is 2. The van der Waals surface area contributed by atoms with E-state index in [1.165, 1.54) is 0 Å². The molecule has 1 amide bonds. The number of ether oxygens (including phenoxy) is 1. The van der Waals surface area contributed by atoms with Gasteiger partial charge in [0.15, 0.2) is 6.61 Å². The Morgan fingerprint density at radius 1 is 1.39 bits per heavy atom. The number of carbonyl (C=O) groups is 1. The van der Waals surface area contributed by atoms with E-state index in [9.17, 15) is 4.79 Å². The molecular weight excluding hydrogens is 318 g/mol. The van der Waals surface area contributed by atoms with Gasteiger partial charge >= 0.3 is 0 Å². The molecule has 0 bridgehead atoms. The molecule has 3 nitrogen and oxygen atoms in total. The zero-order valence-electron chi connectivity index (χ0n) is 10.5. The number of carbonyl (C=O) groups excluding carboxylic acids is 1. The zero-order valence-corrected chi connectivity index (χ0v) is 12.8. The molecule has 18 heavy (non-hydrogen) atoms. The second-order valence-corrected chi connectivity index (χ2v) is 5.81. The predicted molar refractivity (Wildman–Crippen MR) is 77.5 cm³/mol. The molecular formula is C13H17BrClNO2. The number of hydrogen-bond donors (Lipinski definition) is 1. The van der Waals surface area contributed by atoms with Gasteiger partial charge in [0.25, 0.3) is 5.91 Å². The van der Waals surface area contributed by atoms with Crippen LogP contribution >= 0.6 is 27.5 Å². The highest BCUT2D eigenvalue weighted by Crippen LogP contribution is 2.17. The van der Waals surface area contributed by atoms with E-state index in [0.717, 1.165) is 5.33 Å². The van der Waals surface area contributed by atoms with E-state index in [-0.39, 0.29) is 17.9 Å². The number of benzene rings is 1. The van der Waals surface area contributed by atoms with Crippen LogP contribution in [0.25, 0.3) is 0 Å². The summed E-state index contributed by atoms with van der Waals surface area (Å²) in [6.07, 6.45) is 0. The second kappa shape index (κ2) is 7.00. The van der Waals surface area contributed by atoms with Crippen LogP contribution in [-0.2, 0) is 4.79 Å². The average Bonchev–Trinajstić information content (AvgIpc) is 2.36. The second-order valence-electron chi connectivity index (χ2n) is 4.82. The van der Waals surface area contributed by atoms with Gasteiger partial charge in [-0.05, 0) is 29.7 Å². The van der Waals surface area contributed by atoms with Gasteiger partial charge in [-0.25, -0.2) is 0 Å². The van der Waals surface area contributed by atoms with E-state index in [2.05, 4.69) is 35.1 Å². The maximum absolute atomic E-state index is 11.6. The van der Waals surface area contributed by atoms with Crippen LogP contribution in [0.2, 0.25) is 5.02 Å². The van der Waals surface area contributed by atoms with Crippen LogP contribution in [0.3, 0.4) is 0 Å². The van der Waals surface area contributed by atoms with E-state index in [4.69, 9.17) is 16.3 Å². The Kier molecular flexibility index (Phi) is 5.96.